The first kappa shape index (κ1) is 22.7. The van der Waals surface area contributed by atoms with Gasteiger partial charge in [-0.2, -0.15) is 0 Å². The Kier molecular flexibility index (Phi) is 9.78. The number of hydrogen-bond donors (Lipinski definition) is 3. The quantitative estimate of drug-likeness (QED) is 0.316. The molecule has 0 radical (unpaired) electrons. The average Bonchev–Trinajstić information content (AvgIpc) is 3.06. The van der Waals surface area contributed by atoms with Gasteiger partial charge in [0.2, 0.25) is 5.91 Å². The van der Waals surface area contributed by atoms with Crippen LogP contribution in [0.25, 0.3) is 0 Å². The third kappa shape index (κ3) is 8.19. The highest BCUT2D eigenvalue weighted by Crippen LogP contribution is 2.17. The maximum atomic E-state index is 11.2. The van der Waals surface area contributed by atoms with Crippen molar-refractivity contribution in [3.8, 4) is 0 Å². The van der Waals surface area contributed by atoms with Gasteiger partial charge in [0, 0.05) is 41.2 Å². The fraction of sp³-hybridized carbons (Fsp3) is 0.714. The molecule has 28 heavy (non-hydrogen) atoms. The van der Waals surface area contributed by atoms with Crippen LogP contribution in [-0.2, 0) is 11.2 Å². The van der Waals surface area contributed by atoms with Gasteiger partial charge in [0.25, 0.3) is 0 Å². The van der Waals surface area contributed by atoms with Crippen molar-refractivity contribution in [2.75, 3.05) is 32.7 Å². The second kappa shape index (κ2) is 12.1. The zero-order valence-corrected chi connectivity index (χ0v) is 18.5. The summed E-state index contributed by atoms with van der Waals surface area (Å²) in [6, 6.07) is 4.75. The van der Waals surface area contributed by atoms with Crippen LogP contribution in [0.2, 0.25) is 0 Å². The summed E-state index contributed by atoms with van der Waals surface area (Å²) in [6.07, 6.45) is 5.04. The SMILES string of the molecule is CCNC(=NCCCCN1CCC(C(N)=O)CC1)NC(C)Cc1ccc(C)s1. The Morgan fingerprint density at radius 2 is 2.11 bits per heavy atom. The Labute approximate surface area is 174 Å². The highest BCUT2D eigenvalue weighted by Gasteiger charge is 2.22. The summed E-state index contributed by atoms with van der Waals surface area (Å²) in [7, 11) is 0. The summed E-state index contributed by atoms with van der Waals surface area (Å²) in [4.78, 5) is 21.2. The number of rotatable bonds is 10. The molecule has 1 fully saturated rings. The number of likely N-dealkylation sites (tertiary alicyclic amines) is 1. The first-order chi connectivity index (χ1) is 13.5. The van der Waals surface area contributed by atoms with E-state index < -0.39 is 0 Å². The van der Waals surface area contributed by atoms with E-state index in [1.165, 1.54) is 9.75 Å². The monoisotopic (exact) mass is 407 g/mol. The zero-order valence-electron chi connectivity index (χ0n) is 17.7. The van der Waals surface area contributed by atoms with E-state index in [4.69, 9.17) is 10.7 Å². The third-order valence-corrected chi connectivity index (χ3v) is 6.20. The van der Waals surface area contributed by atoms with Crippen molar-refractivity contribution >= 4 is 23.2 Å². The number of piperidine rings is 1. The van der Waals surface area contributed by atoms with Crippen LogP contribution in [0.3, 0.4) is 0 Å². The van der Waals surface area contributed by atoms with E-state index in [0.29, 0.717) is 6.04 Å². The lowest BCUT2D eigenvalue weighted by Crippen LogP contribution is -2.43. The van der Waals surface area contributed by atoms with E-state index in [9.17, 15) is 4.79 Å². The molecule has 0 bridgehead atoms. The normalized spacial score (nSPS) is 17.5. The average molecular weight is 408 g/mol. The molecule has 1 atom stereocenters. The lowest BCUT2D eigenvalue weighted by molar-refractivity contribution is -0.123. The molecular formula is C21H37N5OS. The van der Waals surface area contributed by atoms with Crippen molar-refractivity contribution in [1.82, 2.24) is 15.5 Å². The largest absolute Gasteiger partial charge is 0.369 e. The minimum absolute atomic E-state index is 0.0784. The Morgan fingerprint density at radius 1 is 1.36 bits per heavy atom. The van der Waals surface area contributed by atoms with Gasteiger partial charge < -0.3 is 21.3 Å². The van der Waals surface area contributed by atoms with E-state index in [2.05, 4.69) is 48.4 Å². The highest BCUT2D eigenvalue weighted by molar-refractivity contribution is 7.11. The van der Waals surface area contributed by atoms with Crippen LogP contribution in [0.4, 0.5) is 0 Å². The van der Waals surface area contributed by atoms with Crippen molar-refractivity contribution in [2.24, 2.45) is 16.6 Å². The first-order valence-corrected chi connectivity index (χ1v) is 11.4. The van der Waals surface area contributed by atoms with E-state index in [-0.39, 0.29) is 11.8 Å². The number of carbonyl (C=O) groups excluding carboxylic acids is 1. The Hall–Kier alpha value is -1.60. The molecule has 0 aromatic carbocycles. The molecule has 7 heteroatoms. The summed E-state index contributed by atoms with van der Waals surface area (Å²) in [6.45, 7) is 11.2. The second-order valence-electron chi connectivity index (χ2n) is 7.75. The second-order valence-corrected chi connectivity index (χ2v) is 9.12. The van der Waals surface area contributed by atoms with Crippen molar-refractivity contribution in [3.63, 3.8) is 0 Å². The smallest absolute Gasteiger partial charge is 0.220 e. The fourth-order valence-electron chi connectivity index (χ4n) is 3.58. The van der Waals surface area contributed by atoms with Crippen molar-refractivity contribution in [2.45, 2.75) is 58.9 Å². The number of aryl methyl sites for hydroxylation is 1. The summed E-state index contributed by atoms with van der Waals surface area (Å²) >= 11 is 1.87. The number of amides is 1. The summed E-state index contributed by atoms with van der Waals surface area (Å²) in [5.74, 6) is 0.848. The van der Waals surface area contributed by atoms with Gasteiger partial charge in [0.05, 0.1) is 0 Å². The summed E-state index contributed by atoms with van der Waals surface area (Å²) in [5, 5.41) is 6.87. The van der Waals surface area contributed by atoms with Gasteiger partial charge in [-0.15, -0.1) is 11.3 Å². The number of aliphatic imine (C=N–C) groups is 1. The molecule has 4 N–H and O–H groups in total. The third-order valence-electron chi connectivity index (χ3n) is 5.17. The van der Waals surface area contributed by atoms with Gasteiger partial charge in [-0.1, -0.05) is 0 Å². The number of thiophene rings is 1. The van der Waals surface area contributed by atoms with Crippen LogP contribution in [0, 0.1) is 12.8 Å². The molecule has 6 nitrogen and oxygen atoms in total. The number of hydrogen-bond acceptors (Lipinski definition) is 4. The topological polar surface area (TPSA) is 82.8 Å². The van der Waals surface area contributed by atoms with Crippen LogP contribution in [-0.4, -0.2) is 55.5 Å². The number of primary amides is 1. The Morgan fingerprint density at radius 3 is 2.71 bits per heavy atom. The minimum Gasteiger partial charge on any atom is -0.369 e. The molecule has 0 aliphatic carbocycles. The molecule has 1 aromatic heterocycles. The molecule has 1 aliphatic heterocycles. The maximum absolute atomic E-state index is 11.2. The van der Waals surface area contributed by atoms with Crippen LogP contribution in [0.5, 0.6) is 0 Å². The van der Waals surface area contributed by atoms with Crippen LogP contribution >= 0.6 is 11.3 Å². The van der Waals surface area contributed by atoms with Crippen molar-refractivity contribution < 1.29 is 4.79 Å². The lowest BCUT2D eigenvalue weighted by atomic mass is 9.96. The molecule has 2 heterocycles. The standard InChI is InChI=1S/C21H37N5OS/c1-4-23-21(25-16(2)15-19-8-7-17(3)28-19)24-11-5-6-12-26-13-9-18(10-14-26)20(22)27/h7-8,16,18H,4-6,9-15H2,1-3H3,(H2,22,27)(H2,23,24,25). The molecule has 1 unspecified atom stereocenters. The molecule has 1 aromatic rings. The van der Waals surface area contributed by atoms with Crippen molar-refractivity contribution in [1.29, 1.82) is 0 Å². The highest BCUT2D eigenvalue weighted by atomic mass is 32.1. The molecule has 2 rings (SSSR count). The Balaban J connectivity index is 1.65. The van der Waals surface area contributed by atoms with Gasteiger partial charge in [-0.3, -0.25) is 9.79 Å². The van der Waals surface area contributed by atoms with Gasteiger partial charge in [-0.05, 0) is 78.2 Å². The molecule has 1 aliphatic rings. The van der Waals surface area contributed by atoms with Gasteiger partial charge in [0.15, 0.2) is 5.96 Å². The lowest BCUT2D eigenvalue weighted by Gasteiger charge is -2.30. The zero-order chi connectivity index (χ0) is 20.4. The first-order valence-electron chi connectivity index (χ1n) is 10.6. The predicted molar refractivity (Wildman–Crippen MR) is 119 cm³/mol. The van der Waals surface area contributed by atoms with E-state index in [1.807, 2.05) is 11.3 Å². The number of carbonyl (C=O) groups is 1. The summed E-state index contributed by atoms with van der Waals surface area (Å²) in [5.41, 5.74) is 5.40. The molecule has 1 saturated heterocycles. The van der Waals surface area contributed by atoms with Crippen LogP contribution in [0.15, 0.2) is 17.1 Å². The van der Waals surface area contributed by atoms with Crippen LogP contribution in [0.1, 0.15) is 49.3 Å². The van der Waals surface area contributed by atoms with Crippen molar-refractivity contribution in [3.05, 3.63) is 21.9 Å². The van der Waals surface area contributed by atoms with E-state index >= 15 is 0 Å². The summed E-state index contributed by atoms with van der Waals surface area (Å²) < 4.78 is 0. The van der Waals surface area contributed by atoms with Gasteiger partial charge in [-0.25, -0.2) is 0 Å². The Bertz CT molecular complexity index is 622. The molecular weight excluding hydrogens is 370 g/mol. The van der Waals surface area contributed by atoms with Crippen LogP contribution < -0.4 is 16.4 Å². The number of nitrogens with two attached hydrogens (primary N) is 1. The molecule has 0 saturated carbocycles. The van der Waals surface area contributed by atoms with Gasteiger partial charge >= 0.3 is 0 Å². The fourth-order valence-corrected chi connectivity index (χ4v) is 4.60. The molecule has 1 amide bonds. The van der Waals surface area contributed by atoms with E-state index in [0.717, 1.165) is 70.8 Å². The minimum atomic E-state index is -0.138. The number of unbranched alkanes of at least 4 members (excludes halogenated alkanes) is 1. The number of nitrogens with one attached hydrogen (secondary N) is 2. The molecule has 158 valence electrons. The van der Waals surface area contributed by atoms with Gasteiger partial charge in [0.1, 0.15) is 0 Å². The maximum Gasteiger partial charge on any atom is 0.220 e. The predicted octanol–water partition coefficient (Wildman–Crippen LogP) is 2.52. The number of nitrogens with zero attached hydrogens (tertiary/aromatic N) is 2. The van der Waals surface area contributed by atoms with E-state index in [1.54, 1.807) is 0 Å². The molecule has 0 spiro atoms. The number of guanidine groups is 1.